The van der Waals surface area contributed by atoms with Gasteiger partial charge in [0, 0.05) is 24.5 Å². The number of hydrogen-bond acceptors (Lipinski definition) is 4. The Morgan fingerprint density at radius 2 is 1.84 bits per heavy atom. The molecule has 0 aliphatic carbocycles. The van der Waals surface area contributed by atoms with E-state index in [1.807, 2.05) is 45.9 Å². The molecule has 4 nitrogen and oxygen atoms in total. The Balaban J connectivity index is 1.85. The standard InChI is InChI=1S/C23H26Cl2N2O2S2/c1-26-21(28)15-16-7-2-4-11-20(16)27(23-18(24)9-6-10-19(23)25)22(29)12-5-3-8-17-13-14-30-31-17/h2,4,6-7,9-11,17H,3,5,8,12-15H2,1H3,(H,26,28)/t17-/m0/s1. The topological polar surface area (TPSA) is 49.4 Å². The average Bonchev–Trinajstić information content (AvgIpc) is 3.28. The van der Waals surface area contributed by atoms with E-state index in [-0.39, 0.29) is 18.2 Å². The molecule has 1 aliphatic heterocycles. The molecular weight excluding hydrogens is 471 g/mol. The maximum Gasteiger partial charge on any atom is 0.231 e. The second kappa shape index (κ2) is 12.0. The minimum atomic E-state index is -0.128. The van der Waals surface area contributed by atoms with Crippen LogP contribution in [0.1, 0.15) is 37.7 Å². The molecule has 3 rings (SSSR count). The molecule has 0 unspecified atom stereocenters. The molecule has 2 amide bonds. The zero-order chi connectivity index (χ0) is 22.2. The van der Waals surface area contributed by atoms with Gasteiger partial charge in [0.2, 0.25) is 11.8 Å². The molecule has 0 aromatic heterocycles. The summed E-state index contributed by atoms with van der Waals surface area (Å²) in [5.74, 6) is 1.01. The number of carbonyl (C=O) groups excluding carboxylic acids is 2. The highest BCUT2D eigenvalue weighted by Crippen LogP contribution is 2.41. The Morgan fingerprint density at radius 1 is 1.10 bits per heavy atom. The van der Waals surface area contributed by atoms with E-state index in [0.29, 0.717) is 33.1 Å². The summed E-state index contributed by atoms with van der Waals surface area (Å²) in [7, 11) is 5.50. The minimum absolute atomic E-state index is 0.0761. The third-order valence-corrected chi connectivity index (χ3v) is 8.78. The molecule has 1 N–H and O–H groups in total. The van der Waals surface area contributed by atoms with Crippen molar-refractivity contribution in [2.45, 2.75) is 43.8 Å². The van der Waals surface area contributed by atoms with E-state index < -0.39 is 0 Å². The van der Waals surface area contributed by atoms with Gasteiger partial charge >= 0.3 is 0 Å². The Labute approximate surface area is 201 Å². The number of likely N-dealkylation sites (N-methyl/N-ethyl adjacent to an activating group) is 1. The van der Waals surface area contributed by atoms with Gasteiger partial charge in [0.15, 0.2) is 0 Å². The van der Waals surface area contributed by atoms with Crippen LogP contribution in [-0.2, 0) is 16.0 Å². The van der Waals surface area contributed by atoms with Crippen molar-refractivity contribution in [3.63, 3.8) is 0 Å². The van der Waals surface area contributed by atoms with E-state index in [0.717, 1.165) is 24.8 Å². The Kier molecular flexibility index (Phi) is 9.45. The lowest BCUT2D eigenvalue weighted by Crippen LogP contribution is -2.28. The number of carbonyl (C=O) groups is 2. The molecule has 2 aromatic carbocycles. The summed E-state index contributed by atoms with van der Waals surface area (Å²) in [5, 5.41) is 4.13. The molecule has 0 spiro atoms. The van der Waals surface area contributed by atoms with Crippen LogP contribution in [0.4, 0.5) is 11.4 Å². The molecule has 1 atom stereocenters. The van der Waals surface area contributed by atoms with Crippen LogP contribution >= 0.6 is 44.8 Å². The van der Waals surface area contributed by atoms with Crippen LogP contribution in [-0.4, -0.2) is 29.9 Å². The van der Waals surface area contributed by atoms with Crippen molar-refractivity contribution in [2.24, 2.45) is 0 Å². The van der Waals surface area contributed by atoms with Crippen molar-refractivity contribution < 1.29 is 9.59 Å². The zero-order valence-corrected chi connectivity index (χ0v) is 20.5. The van der Waals surface area contributed by atoms with Gasteiger partial charge < -0.3 is 5.32 Å². The summed E-state index contributed by atoms with van der Waals surface area (Å²) >= 11 is 13.0. The molecule has 0 bridgehead atoms. The molecule has 1 aliphatic rings. The number of para-hydroxylation sites is 2. The highest BCUT2D eigenvalue weighted by molar-refractivity contribution is 8.77. The number of halogens is 2. The molecule has 31 heavy (non-hydrogen) atoms. The SMILES string of the molecule is CNC(=O)Cc1ccccc1N(C(=O)CCCC[C@H]1CCSS1)c1c(Cl)cccc1Cl. The smallest absolute Gasteiger partial charge is 0.231 e. The van der Waals surface area contributed by atoms with E-state index >= 15 is 0 Å². The third kappa shape index (κ3) is 6.58. The predicted octanol–water partition coefficient (Wildman–Crippen LogP) is 6.66. The Hall–Kier alpha value is -1.34. The van der Waals surface area contributed by atoms with Gasteiger partial charge in [-0.25, -0.2) is 0 Å². The van der Waals surface area contributed by atoms with Crippen LogP contribution < -0.4 is 10.2 Å². The highest BCUT2D eigenvalue weighted by Gasteiger charge is 2.25. The van der Waals surface area contributed by atoms with Crippen LogP contribution in [0.3, 0.4) is 0 Å². The minimum Gasteiger partial charge on any atom is -0.359 e. The van der Waals surface area contributed by atoms with E-state index in [1.165, 1.54) is 12.2 Å². The van der Waals surface area contributed by atoms with Crippen molar-refractivity contribution in [1.82, 2.24) is 5.32 Å². The molecule has 0 saturated carbocycles. The Morgan fingerprint density at radius 3 is 2.52 bits per heavy atom. The lowest BCUT2D eigenvalue weighted by molar-refractivity contribution is -0.120. The van der Waals surface area contributed by atoms with Gasteiger partial charge in [-0.1, -0.05) is 75.5 Å². The quantitative estimate of drug-likeness (QED) is 0.311. The predicted molar refractivity (Wildman–Crippen MR) is 135 cm³/mol. The second-order valence-corrected chi connectivity index (χ2v) is 11.0. The van der Waals surface area contributed by atoms with Crippen LogP contribution in [0.15, 0.2) is 42.5 Å². The fraction of sp³-hybridized carbons (Fsp3) is 0.391. The van der Waals surface area contributed by atoms with E-state index in [9.17, 15) is 9.59 Å². The van der Waals surface area contributed by atoms with Crippen molar-refractivity contribution in [3.8, 4) is 0 Å². The van der Waals surface area contributed by atoms with Crippen molar-refractivity contribution >= 4 is 68.0 Å². The fourth-order valence-corrected chi connectivity index (χ4v) is 7.14. The van der Waals surface area contributed by atoms with Gasteiger partial charge in [0.05, 0.1) is 27.8 Å². The first kappa shape index (κ1) is 24.3. The summed E-state index contributed by atoms with van der Waals surface area (Å²) in [6.07, 6.45) is 4.74. The summed E-state index contributed by atoms with van der Waals surface area (Å²) in [4.78, 5) is 27.1. The molecule has 1 heterocycles. The lowest BCUT2D eigenvalue weighted by atomic mass is 10.1. The monoisotopic (exact) mass is 496 g/mol. The van der Waals surface area contributed by atoms with Gasteiger partial charge in [-0.3, -0.25) is 14.5 Å². The van der Waals surface area contributed by atoms with E-state index in [4.69, 9.17) is 23.2 Å². The van der Waals surface area contributed by atoms with Crippen LogP contribution in [0.5, 0.6) is 0 Å². The number of anilines is 2. The molecular formula is C23H26Cl2N2O2S2. The number of rotatable bonds is 9. The van der Waals surface area contributed by atoms with E-state index in [2.05, 4.69) is 5.32 Å². The fourth-order valence-electron chi connectivity index (χ4n) is 3.55. The second-order valence-electron chi connectivity index (χ2n) is 7.35. The number of nitrogens with one attached hydrogen (secondary N) is 1. The van der Waals surface area contributed by atoms with Crippen molar-refractivity contribution in [2.75, 3.05) is 17.7 Å². The van der Waals surface area contributed by atoms with Crippen LogP contribution in [0.2, 0.25) is 10.0 Å². The van der Waals surface area contributed by atoms with Crippen LogP contribution in [0, 0.1) is 0 Å². The van der Waals surface area contributed by atoms with Gasteiger partial charge in [-0.05, 0) is 43.0 Å². The number of unbranched alkanes of at least 4 members (excludes halogenated alkanes) is 1. The zero-order valence-electron chi connectivity index (χ0n) is 17.4. The normalized spacial score (nSPS) is 15.6. The van der Waals surface area contributed by atoms with Crippen molar-refractivity contribution in [1.29, 1.82) is 0 Å². The summed E-state index contributed by atoms with van der Waals surface area (Å²) in [6.45, 7) is 0. The Bertz CT molecular complexity index is 900. The van der Waals surface area contributed by atoms with Gasteiger partial charge in [0.25, 0.3) is 0 Å². The highest BCUT2D eigenvalue weighted by atomic mass is 35.5. The molecule has 1 saturated heterocycles. The summed E-state index contributed by atoms with van der Waals surface area (Å²) < 4.78 is 0. The summed E-state index contributed by atoms with van der Waals surface area (Å²) in [5.41, 5.74) is 1.84. The molecule has 2 aromatic rings. The molecule has 8 heteroatoms. The first-order valence-corrected chi connectivity index (χ1v) is 13.5. The largest absolute Gasteiger partial charge is 0.359 e. The van der Waals surface area contributed by atoms with Crippen LogP contribution in [0.25, 0.3) is 0 Å². The first-order valence-electron chi connectivity index (χ1n) is 10.3. The summed E-state index contributed by atoms with van der Waals surface area (Å²) in [6, 6.07) is 12.6. The van der Waals surface area contributed by atoms with Gasteiger partial charge in [-0.15, -0.1) is 0 Å². The van der Waals surface area contributed by atoms with Crippen molar-refractivity contribution in [3.05, 3.63) is 58.1 Å². The maximum atomic E-state index is 13.5. The third-order valence-electron chi connectivity index (χ3n) is 5.17. The number of amides is 2. The molecule has 166 valence electrons. The number of benzene rings is 2. The van der Waals surface area contributed by atoms with E-state index in [1.54, 1.807) is 30.1 Å². The molecule has 0 radical (unpaired) electrons. The van der Waals surface area contributed by atoms with Gasteiger partial charge in [0.1, 0.15) is 0 Å². The molecule has 1 fully saturated rings. The lowest BCUT2D eigenvalue weighted by Gasteiger charge is -2.27. The average molecular weight is 498 g/mol. The first-order chi connectivity index (χ1) is 15.0. The number of hydrogen-bond donors (Lipinski definition) is 1. The maximum absolute atomic E-state index is 13.5. The van der Waals surface area contributed by atoms with Gasteiger partial charge in [-0.2, -0.15) is 0 Å². The number of nitrogens with zero attached hydrogens (tertiary/aromatic N) is 1.